The number of piperidine rings is 1. The molecule has 0 saturated carbocycles. The van der Waals surface area contributed by atoms with Crippen LogP contribution in [0.25, 0.3) is 0 Å². The maximum atomic E-state index is 11.6. The number of benzene rings is 1. The SMILES string of the molecule is CCS(=O)(=O)NC1CCN(c2cc(C(C)=O)ccc2C#N)CC1. The van der Waals surface area contributed by atoms with Crippen molar-refractivity contribution in [3.63, 3.8) is 0 Å². The number of nitrogens with one attached hydrogen (secondary N) is 1. The summed E-state index contributed by atoms with van der Waals surface area (Å²) in [5.74, 6) is 0.0354. The minimum absolute atomic E-state index is 0.0404. The lowest BCUT2D eigenvalue weighted by Crippen LogP contribution is -2.45. The number of sulfonamides is 1. The Morgan fingerprint density at radius 2 is 2.04 bits per heavy atom. The quantitative estimate of drug-likeness (QED) is 0.827. The second-order valence-corrected chi connectivity index (χ2v) is 7.73. The molecule has 1 saturated heterocycles. The molecule has 1 heterocycles. The fraction of sp³-hybridized carbons (Fsp3) is 0.500. The number of nitriles is 1. The minimum atomic E-state index is -3.20. The molecule has 1 aliphatic heterocycles. The van der Waals surface area contributed by atoms with Crippen molar-refractivity contribution in [3.8, 4) is 6.07 Å². The van der Waals surface area contributed by atoms with Crippen molar-refractivity contribution in [2.24, 2.45) is 0 Å². The summed E-state index contributed by atoms with van der Waals surface area (Å²) in [7, 11) is -3.20. The van der Waals surface area contributed by atoms with Gasteiger partial charge in [0.1, 0.15) is 6.07 Å². The van der Waals surface area contributed by atoms with Gasteiger partial charge in [-0.3, -0.25) is 4.79 Å². The second-order valence-electron chi connectivity index (χ2n) is 5.68. The normalized spacial score (nSPS) is 16.1. The monoisotopic (exact) mass is 335 g/mol. The number of ketones is 1. The van der Waals surface area contributed by atoms with Gasteiger partial charge in [-0.25, -0.2) is 13.1 Å². The predicted molar refractivity (Wildman–Crippen MR) is 89.0 cm³/mol. The Hall–Kier alpha value is -1.91. The van der Waals surface area contributed by atoms with E-state index in [1.807, 2.05) is 4.90 Å². The van der Waals surface area contributed by atoms with Crippen LogP contribution in [0.5, 0.6) is 0 Å². The standard InChI is InChI=1S/C16H21N3O3S/c1-3-23(21,22)18-15-6-8-19(9-7-15)16-10-13(12(2)20)4-5-14(16)11-17/h4-5,10,15,18H,3,6-9H2,1-2H3. The molecule has 124 valence electrons. The van der Waals surface area contributed by atoms with Crippen LogP contribution in [0.3, 0.4) is 0 Å². The van der Waals surface area contributed by atoms with Crippen LogP contribution < -0.4 is 9.62 Å². The maximum absolute atomic E-state index is 11.6. The fourth-order valence-corrected chi connectivity index (χ4v) is 3.59. The number of Topliss-reactive ketones (excluding diaryl/α,β-unsaturated/α-hetero) is 1. The Morgan fingerprint density at radius 1 is 1.39 bits per heavy atom. The van der Waals surface area contributed by atoms with Crippen LogP contribution in [0.1, 0.15) is 42.6 Å². The molecule has 2 rings (SSSR count). The molecule has 1 fully saturated rings. The van der Waals surface area contributed by atoms with Crippen LogP contribution >= 0.6 is 0 Å². The van der Waals surface area contributed by atoms with Gasteiger partial charge in [-0.05, 0) is 44.9 Å². The van der Waals surface area contributed by atoms with Gasteiger partial charge >= 0.3 is 0 Å². The Balaban J connectivity index is 2.12. The zero-order valence-electron chi connectivity index (χ0n) is 13.4. The van der Waals surface area contributed by atoms with Crippen LogP contribution in [-0.4, -0.2) is 39.1 Å². The van der Waals surface area contributed by atoms with E-state index >= 15 is 0 Å². The lowest BCUT2D eigenvalue weighted by molar-refractivity contribution is 0.101. The van der Waals surface area contributed by atoms with E-state index in [9.17, 15) is 18.5 Å². The van der Waals surface area contributed by atoms with E-state index in [0.29, 0.717) is 37.1 Å². The van der Waals surface area contributed by atoms with E-state index in [1.165, 1.54) is 6.92 Å². The number of nitrogens with zero attached hydrogens (tertiary/aromatic N) is 2. The van der Waals surface area contributed by atoms with E-state index in [4.69, 9.17) is 0 Å². The number of anilines is 1. The second kappa shape index (κ2) is 7.11. The topological polar surface area (TPSA) is 90.3 Å². The summed E-state index contributed by atoms with van der Waals surface area (Å²) < 4.78 is 26.0. The molecule has 0 radical (unpaired) electrons. The first-order valence-corrected chi connectivity index (χ1v) is 9.31. The molecule has 0 bridgehead atoms. The minimum Gasteiger partial charge on any atom is -0.370 e. The summed E-state index contributed by atoms with van der Waals surface area (Å²) in [6.45, 7) is 4.40. The summed E-state index contributed by atoms with van der Waals surface area (Å²) in [5.41, 5.74) is 1.85. The molecule has 1 aromatic rings. The van der Waals surface area contributed by atoms with E-state index < -0.39 is 10.0 Å². The van der Waals surface area contributed by atoms with Gasteiger partial charge in [0.05, 0.1) is 17.0 Å². The molecule has 0 aliphatic carbocycles. The molecule has 7 heteroatoms. The van der Waals surface area contributed by atoms with Gasteiger partial charge in [-0.15, -0.1) is 0 Å². The maximum Gasteiger partial charge on any atom is 0.211 e. The van der Waals surface area contributed by atoms with Crippen molar-refractivity contribution in [1.82, 2.24) is 4.72 Å². The Morgan fingerprint density at radius 3 is 2.57 bits per heavy atom. The van der Waals surface area contributed by atoms with Crippen molar-refractivity contribution in [2.45, 2.75) is 32.7 Å². The lowest BCUT2D eigenvalue weighted by Gasteiger charge is -2.34. The highest BCUT2D eigenvalue weighted by Crippen LogP contribution is 2.25. The Kier molecular flexibility index (Phi) is 5.39. The number of carbonyl (C=O) groups excluding carboxylic acids is 1. The van der Waals surface area contributed by atoms with Gasteiger partial charge in [0, 0.05) is 24.7 Å². The number of rotatable bonds is 5. The van der Waals surface area contributed by atoms with E-state index in [0.717, 1.165) is 5.69 Å². The first-order valence-electron chi connectivity index (χ1n) is 7.66. The fourth-order valence-electron chi connectivity index (χ4n) is 2.68. The van der Waals surface area contributed by atoms with E-state index in [2.05, 4.69) is 10.8 Å². The highest BCUT2D eigenvalue weighted by atomic mass is 32.2. The molecule has 6 nitrogen and oxygen atoms in total. The van der Waals surface area contributed by atoms with Gasteiger partial charge in [0.15, 0.2) is 5.78 Å². The lowest BCUT2D eigenvalue weighted by atomic mass is 10.0. The van der Waals surface area contributed by atoms with Crippen LogP contribution in [0, 0.1) is 11.3 Å². The van der Waals surface area contributed by atoms with Gasteiger partial charge < -0.3 is 4.90 Å². The molecule has 1 aliphatic rings. The van der Waals surface area contributed by atoms with Crippen molar-refractivity contribution in [1.29, 1.82) is 5.26 Å². The van der Waals surface area contributed by atoms with Gasteiger partial charge in [-0.2, -0.15) is 5.26 Å². The molecule has 23 heavy (non-hydrogen) atoms. The summed E-state index contributed by atoms with van der Waals surface area (Å²) >= 11 is 0. The molecule has 0 aromatic heterocycles. The molecule has 1 N–H and O–H groups in total. The highest BCUT2D eigenvalue weighted by molar-refractivity contribution is 7.89. The zero-order chi connectivity index (χ0) is 17.0. The third-order valence-electron chi connectivity index (χ3n) is 4.09. The third-order valence-corrected chi connectivity index (χ3v) is 5.54. The first-order chi connectivity index (χ1) is 10.9. The highest BCUT2D eigenvalue weighted by Gasteiger charge is 2.24. The molecule has 0 atom stereocenters. The number of hydrogen-bond acceptors (Lipinski definition) is 5. The van der Waals surface area contributed by atoms with Crippen molar-refractivity contribution in [3.05, 3.63) is 29.3 Å². The van der Waals surface area contributed by atoms with Crippen molar-refractivity contribution in [2.75, 3.05) is 23.7 Å². The van der Waals surface area contributed by atoms with Gasteiger partial charge in [0.25, 0.3) is 0 Å². The molecule has 1 aromatic carbocycles. The van der Waals surface area contributed by atoms with Gasteiger partial charge in [0.2, 0.25) is 10.0 Å². The Labute approximate surface area is 137 Å². The summed E-state index contributed by atoms with van der Waals surface area (Å²) in [5, 5.41) is 9.26. The average Bonchev–Trinajstić information content (AvgIpc) is 2.54. The molecule has 0 unspecified atom stereocenters. The molecule has 0 amide bonds. The van der Waals surface area contributed by atoms with Crippen molar-refractivity contribution >= 4 is 21.5 Å². The van der Waals surface area contributed by atoms with E-state index in [-0.39, 0.29) is 17.6 Å². The summed E-state index contributed by atoms with van der Waals surface area (Å²) in [4.78, 5) is 13.6. The summed E-state index contributed by atoms with van der Waals surface area (Å²) in [6, 6.07) is 7.15. The molecular formula is C16H21N3O3S. The van der Waals surface area contributed by atoms with E-state index in [1.54, 1.807) is 25.1 Å². The first kappa shape index (κ1) is 17.4. The smallest absolute Gasteiger partial charge is 0.211 e. The van der Waals surface area contributed by atoms with Crippen LogP contribution in [0.15, 0.2) is 18.2 Å². The third kappa shape index (κ3) is 4.30. The predicted octanol–water partition coefficient (Wildman–Crippen LogP) is 1.67. The number of carbonyl (C=O) groups is 1. The van der Waals surface area contributed by atoms with Crippen LogP contribution in [0.2, 0.25) is 0 Å². The molecular weight excluding hydrogens is 314 g/mol. The van der Waals surface area contributed by atoms with Crippen LogP contribution in [-0.2, 0) is 10.0 Å². The van der Waals surface area contributed by atoms with Crippen LogP contribution in [0.4, 0.5) is 5.69 Å². The van der Waals surface area contributed by atoms with Gasteiger partial charge in [-0.1, -0.05) is 0 Å². The average molecular weight is 335 g/mol. The summed E-state index contributed by atoms with van der Waals surface area (Å²) in [6.07, 6.45) is 1.35. The zero-order valence-corrected chi connectivity index (χ0v) is 14.2. The van der Waals surface area contributed by atoms with Crippen molar-refractivity contribution < 1.29 is 13.2 Å². The number of hydrogen-bond donors (Lipinski definition) is 1. The molecule has 0 spiro atoms. The Bertz CT molecular complexity index is 729. The largest absolute Gasteiger partial charge is 0.370 e.